The highest BCUT2D eigenvalue weighted by Gasteiger charge is 2.40. The maximum absolute atomic E-state index is 13.7. The summed E-state index contributed by atoms with van der Waals surface area (Å²) in [5.41, 5.74) is 1.69. The molecule has 0 radical (unpaired) electrons. The second-order valence-electron chi connectivity index (χ2n) is 9.81. The normalized spacial score (nSPS) is 18.6. The molecule has 196 valence electrons. The van der Waals surface area contributed by atoms with Crippen LogP contribution in [0.1, 0.15) is 56.1 Å². The quantitative estimate of drug-likeness (QED) is 0.508. The van der Waals surface area contributed by atoms with Crippen molar-refractivity contribution in [2.75, 3.05) is 6.54 Å². The van der Waals surface area contributed by atoms with Crippen molar-refractivity contribution in [3.63, 3.8) is 0 Å². The van der Waals surface area contributed by atoms with E-state index in [1.165, 1.54) is 4.90 Å². The third-order valence-corrected chi connectivity index (χ3v) is 7.09. The lowest BCUT2D eigenvalue weighted by molar-refractivity contribution is -0.145. The Morgan fingerprint density at radius 3 is 2.16 bits per heavy atom. The fourth-order valence-electron chi connectivity index (χ4n) is 5.11. The summed E-state index contributed by atoms with van der Waals surface area (Å²) in [6, 6.07) is 16.9. The first-order valence-corrected chi connectivity index (χ1v) is 13.2. The Balaban J connectivity index is 1.42. The Kier molecular flexibility index (Phi) is 9.29. The minimum absolute atomic E-state index is 0.0163. The predicted octanol–water partition coefficient (Wildman–Crippen LogP) is 3.53. The van der Waals surface area contributed by atoms with Gasteiger partial charge < -0.3 is 20.3 Å². The first-order chi connectivity index (χ1) is 18.0. The van der Waals surface area contributed by atoms with Crippen LogP contribution in [0, 0.1) is 0 Å². The lowest BCUT2D eigenvalue weighted by atomic mass is 9.95. The zero-order chi connectivity index (χ0) is 26.0. The van der Waals surface area contributed by atoms with Gasteiger partial charge in [0.1, 0.15) is 18.7 Å². The van der Waals surface area contributed by atoms with Crippen molar-refractivity contribution in [2.24, 2.45) is 0 Å². The molecule has 1 saturated carbocycles. The molecule has 3 amide bonds. The molecule has 1 aliphatic heterocycles. The third kappa shape index (κ3) is 7.41. The molecule has 8 nitrogen and oxygen atoms in total. The zero-order valence-electron chi connectivity index (χ0n) is 21.1. The summed E-state index contributed by atoms with van der Waals surface area (Å²) in [7, 11) is 0. The molecule has 1 saturated heterocycles. The number of nitrogens with one attached hydrogen (secondary N) is 2. The van der Waals surface area contributed by atoms with Gasteiger partial charge in [0.2, 0.25) is 11.7 Å². The first-order valence-electron chi connectivity index (χ1n) is 13.2. The fourth-order valence-corrected chi connectivity index (χ4v) is 5.11. The highest BCUT2D eigenvalue weighted by atomic mass is 16.5. The number of hydrogen-bond donors (Lipinski definition) is 2. The fraction of sp³-hybridized carbons (Fsp3) is 0.448. The van der Waals surface area contributed by atoms with Crippen LogP contribution in [0.5, 0.6) is 0 Å². The van der Waals surface area contributed by atoms with E-state index >= 15 is 0 Å². The van der Waals surface area contributed by atoms with Crippen molar-refractivity contribution in [2.45, 2.75) is 76.1 Å². The summed E-state index contributed by atoms with van der Waals surface area (Å²) in [5.74, 6) is -1.59. The van der Waals surface area contributed by atoms with Gasteiger partial charge in [-0.25, -0.2) is 4.79 Å². The van der Waals surface area contributed by atoms with Crippen molar-refractivity contribution < 1.29 is 23.9 Å². The molecule has 2 atom stereocenters. The minimum atomic E-state index is -0.930. The predicted molar refractivity (Wildman–Crippen MR) is 138 cm³/mol. The summed E-state index contributed by atoms with van der Waals surface area (Å²) >= 11 is 0. The number of rotatable bonds is 9. The van der Waals surface area contributed by atoms with Crippen LogP contribution in [0.2, 0.25) is 0 Å². The van der Waals surface area contributed by atoms with Crippen LogP contribution in [0.3, 0.4) is 0 Å². The summed E-state index contributed by atoms with van der Waals surface area (Å²) < 4.78 is 5.35. The van der Waals surface area contributed by atoms with E-state index < -0.39 is 29.9 Å². The van der Waals surface area contributed by atoms with Crippen LogP contribution in [-0.2, 0) is 32.1 Å². The van der Waals surface area contributed by atoms with Gasteiger partial charge in [0.15, 0.2) is 0 Å². The van der Waals surface area contributed by atoms with Crippen molar-refractivity contribution in [1.29, 1.82) is 0 Å². The Hall–Kier alpha value is -3.68. The van der Waals surface area contributed by atoms with Gasteiger partial charge in [-0.15, -0.1) is 0 Å². The van der Waals surface area contributed by atoms with Crippen LogP contribution in [0.15, 0.2) is 60.7 Å². The molecule has 1 heterocycles. The molecular formula is C29H35N3O5. The summed E-state index contributed by atoms with van der Waals surface area (Å²) in [4.78, 5) is 53.6. The van der Waals surface area contributed by atoms with Gasteiger partial charge in [-0.05, 0) is 36.8 Å². The Morgan fingerprint density at radius 2 is 1.49 bits per heavy atom. The second-order valence-corrected chi connectivity index (χ2v) is 9.81. The molecule has 8 heteroatoms. The van der Waals surface area contributed by atoms with E-state index in [9.17, 15) is 19.2 Å². The molecule has 2 aliphatic rings. The highest BCUT2D eigenvalue weighted by Crippen LogP contribution is 2.22. The van der Waals surface area contributed by atoms with Gasteiger partial charge >= 0.3 is 6.09 Å². The van der Waals surface area contributed by atoms with Crippen molar-refractivity contribution in [3.05, 3.63) is 71.8 Å². The number of amides is 3. The van der Waals surface area contributed by atoms with Gasteiger partial charge in [0.25, 0.3) is 5.91 Å². The molecule has 2 N–H and O–H groups in total. The van der Waals surface area contributed by atoms with E-state index in [1.54, 1.807) is 0 Å². The number of Topliss-reactive ketones (excluding diaryl/α,β-unsaturated/α-hetero) is 1. The van der Waals surface area contributed by atoms with Gasteiger partial charge in [-0.2, -0.15) is 0 Å². The lowest BCUT2D eigenvalue weighted by Crippen LogP contribution is -2.55. The van der Waals surface area contributed by atoms with Crippen LogP contribution in [0.4, 0.5) is 4.79 Å². The largest absolute Gasteiger partial charge is 0.445 e. The van der Waals surface area contributed by atoms with Crippen LogP contribution >= 0.6 is 0 Å². The number of carbonyl (C=O) groups is 4. The average Bonchev–Trinajstić information content (AvgIpc) is 3.42. The SMILES string of the molecule is O=C(N[C@@H](Cc1ccccc1)C(=O)N1CCCC1C(=O)C(=O)NC1CCCCC1)OCc1ccccc1. The van der Waals surface area contributed by atoms with Crippen molar-refractivity contribution >= 4 is 23.7 Å². The van der Waals surface area contributed by atoms with E-state index in [2.05, 4.69) is 10.6 Å². The number of ether oxygens (including phenoxy) is 1. The van der Waals surface area contributed by atoms with E-state index in [-0.39, 0.29) is 25.0 Å². The van der Waals surface area contributed by atoms with Crippen LogP contribution < -0.4 is 10.6 Å². The topological polar surface area (TPSA) is 105 Å². The molecule has 1 aliphatic carbocycles. The summed E-state index contributed by atoms with van der Waals surface area (Å²) in [6.45, 7) is 0.434. The monoisotopic (exact) mass is 505 g/mol. The molecule has 0 bridgehead atoms. The molecule has 0 spiro atoms. The Bertz CT molecular complexity index is 1070. The maximum atomic E-state index is 13.7. The number of benzene rings is 2. The molecule has 1 unspecified atom stereocenters. The second kappa shape index (κ2) is 13.0. The van der Waals surface area contributed by atoms with Gasteiger partial charge in [0.05, 0.1) is 0 Å². The van der Waals surface area contributed by atoms with E-state index in [4.69, 9.17) is 4.74 Å². The standard InChI is InChI=1S/C29H35N3O5/c33-26(27(34)30-23-15-8-3-9-16-23)25-17-10-18-32(25)28(35)24(19-21-11-4-1-5-12-21)31-29(36)37-20-22-13-6-2-7-14-22/h1-2,4-7,11-14,23-25H,3,8-10,15-20H2,(H,30,34)(H,31,36)/t24-,25?/m0/s1. The first kappa shape index (κ1) is 26.4. The number of hydrogen-bond acceptors (Lipinski definition) is 5. The molecule has 0 aromatic heterocycles. The Morgan fingerprint density at radius 1 is 0.838 bits per heavy atom. The van der Waals surface area contributed by atoms with Crippen molar-refractivity contribution in [1.82, 2.24) is 15.5 Å². The average molecular weight is 506 g/mol. The number of carbonyl (C=O) groups excluding carboxylic acids is 4. The smallest absolute Gasteiger partial charge is 0.408 e. The highest BCUT2D eigenvalue weighted by molar-refractivity contribution is 6.38. The van der Waals surface area contributed by atoms with Crippen LogP contribution in [-0.4, -0.2) is 53.3 Å². The van der Waals surface area contributed by atoms with Crippen molar-refractivity contribution in [3.8, 4) is 0 Å². The summed E-state index contributed by atoms with van der Waals surface area (Å²) in [6.07, 6.45) is 5.56. The number of nitrogens with zero attached hydrogens (tertiary/aromatic N) is 1. The van der Waals surface area contributed by atoms with E-state index in [1.807, 2.05) is 60.7 Å². The molecule has 2 fully saturated rings. The summed E-state index contributed by atoms with van der Waals surface area (Å²) in [5, 5.41) is 5.57. The molecule has 2 aromatic carbocycles. The zero-order valence-corrected chi connectivity index (χ0v) is 21.1. The van der Waals surface area contributed by atoms with Gasteiger partial charge in [0, 0.05) is 19.0 Å². The third-order valence-electron chi connectivity index (χ3n) is 7.09. The van der Waals surface area contributed by atoms with Gasteiger partial charge in [-0.3, -0.25) is 14.4 Å². The lowest BCUT2D eigenvalue weighted by Gasteiger charge is -2.29. The van der Waals surface area contributed by atoms with E-state index in [0.29, 0.717) is 19.4 Å². The van der Waals surface area contributed by atoms with Gasteiger partial charge in [-0.1, -0.05) is 79.9 Å². The molecule has 37 heavy (non-hydrogen) atoms. The Labute approximate surface area is 217 Å². The van der Waals surface area contributed by atoms with E-state index in [0.717, 1.165) is 43.2 Å². The minimum Gasteiger partial charge on any atom is -0.445 e. The number of likely N-dealkylation sites (tertiary alicyclic amines) is 1. The maximum Gasteiger partial charge on any atom is 0.408 e. The number of ketones is 1. The van der Waals surface area contributed by atoms with Crippen LogP contribution in [0.25, 0.3) is 0 Å². The molecule has 4 rings (SSSR count). The number of alkyl carbamates (subject to hydrolysis) is 1. The molecule has 2 aromatic rings. The molecular weight excluding hydrogens is 470 g/mol.